The highest BCUT2D eigenvalue weighted by Crippen LogP contribution is 2.28. The maximum atomic E-state index is 13.1. The van der Waals surface area contributed by atoms with E-state index in [9.17, 15) is 9.50 Å². The van der Waals surface area contributed by atoms with Crippen LogP contribution >= 0.6 is 15.9 Å². The van der Waals surface area contributed by atoms with Crippen molar-refractivity contribution in [3.05, 3.63) is 69.4 Å². The predicted molar refractivity (Wildman–Crippen MR) is 78.6 cm³/mol. The Hall–Kier alpha value is -1.19. The quantitative estimate of drug-likeness (QED) is 0.890. The van der Waals surface area contributed by atoms with Gasteiger partial charge in [0.25, 0.3) is 0 Å². The molecule has 2 aromatic rings. The van der Waals surface area contributed by atoms with Crippen LogP contribution in [0.5, 0.6) is 0 Å². The number of rotatable bonds is 3. The first-order valence-electron chi connectivity index (χ1n) is 6.12. The molecule has 0 saturated carbocycles. The van der Waals surface area contributed by atoms with Crippen LogP contribution in [0.3, 0.4) is 0 Å². The van der Waals surface area contributed by atoms with E-state index in [1.807, 2.05) is 31.2 Å². The second-order valence-electron chi connectivity index (χ2n) is 5.03. The molecular weight excluding hydrogens is 307 g/mol. The molecule has 2 aromatic carbocycles. The normalized spacial score (nSPS) is 14.2. The van der Waals surface area contributed by atoms with Crippen LogP contribution in [0.1, 0.15) is 23.6 Å². The van der Waals surface area contributed by atoms with E-state index in [0.717, 1.165) is 21.2 Å². The van der Waals surface area contributed by atoms with Crippen molar-refractivity contribution in [2.75, 3.05) is 0 Å². The number of aliphatic hydroxyl groups is 1. The van der Waals surface area contributed by atoms with Gasteiger partial charge in [-0.2, -0.15) is 0 Å². The van der Waals surface area contributed by atoms with Crippen LogP contribution < -0.4 is 0 Å². The molecule has 2 rings (SSSR count). The second-order valence-corrected chi connectivity index (χ2v) is 5.95. The molecule has 0 saturated heterocycles. The van der Waals surface area contributed by atoms with E-state index in [0.29, 0.717) is 6.42 Å². The van der Waals surface area contributed by atoms with Crippen LogP contribution in [0.15, 0.2) is 46.9 Å². The summed E-state index contributed by atoms with van der Waals surface area (Å²) in [6.45, 7) is 3.63. The predicted octanol–water partition coefficient (Wildman–Crippen LogP) is 4.35. The Bertz CT molecular complexity index is 593. The molecular formula is C16H16BrFO. The molecule has 19 heavy (non-hydrogen) atoms. The summed E-state index contributed by atoms with van der Waals surface area (Å²) in [4.78, 5) is 0. The van der Waals surface area contributed by atoms with Crippen molar-refractivity contribution >= 4 is 15.9 Å². The molecule has 1 N–H and O–H groups in total. The molecule has 1 atom stereocenters. The van der Waals surface area contributed by atoms with Gasteiger partial charge in [0.2, 0.25) is 0 Å². The Morgan fingerprint density at radius 3 is 2.58 bits per heavy atom. The van der Waals surface area contributed by atoms with Gasteiger partial charge in [-0.3, -0.25) is 0 Å². The smallest absolute Gasteiger partial charge is 0.123 e. The third kappa shape index (κ3) is 3.43. The second kappa shape index (κ2) is 5.43. The zero-order valence-corrected chi connectivity index (χ0v) is 12.5. The Balaban J connectivity index is 2.30. The maximum absolute atomic E-state index is 13.1. The van der Waals surface area contributed by atoms with Crippen LogP contribution in [0, 0.1) is 12.7 Å². The molecule has 0 aliphatic rings. The molecule has 3 heteroatoms. The van der Waals surface area contributed by atoms with E-state index in [1.165, 1.54) is 12.1 Å². The van der Waals surface area contributed by atoms with Crippen LogP contribution in [0.4, 0.5) is 4.39 Å². The molecule has 0 amide bonds. The minimum Gasteiger partial charge on any atom is -0.385 e. The number of hydrogen-bond acceptors (Lipinski definition) is 1. The molecule has 0 spiro atoms. The Morgan fingerprint density at radius 2 is 1.95 bits per heavy atom. The lowest BCUT2D eigenvalue weighted by Crippen LogP contribution is -2.24. The van der Waals surface area contributed by atoms with Crippen LogP contribution in [-0.2, 0) is 12.0 Å². The summed E-state index contributed by atoms with van der Waals surface area (Å²) in [6, 6.07) is 12.3. The van der Waals surface area contributed by atoms with Crippen molar-refractivity contribution in [1.82, 2.24) is 0 Å². The maximum Gasteiger partial charge on any atom is 0.123 e. The summed E-state index contributed by atoms with van der Waals surface area (Å²) >= 11 is 3.40. The molecule has 0 radical (unpaired) electrons. The zero-order chi connectivity index (χ0) is 14.0. The summed E-state index contributed by atoms with van der Waals surface area (Å²) in [5, 5.41) is 10.6. The van der Waals surface area contributed by atoms with E-state index in [1.54, 1.807) is 13.0 Å². The fourth-order valence-electron chi connectivity index (χ4n) is 2.15. The van der Waals surface area contributed by atoms with Crippen molar-refractivity contribution in [3.8, 4) is 0 Å². The molecule has 0 bridgehead atoms. The summed E-state index contributed by atoms with van der Waals surface area (Å²) in [5.41, 5.74) is 1.67. The van der Waals surface area contributed by atoms with E-state index in [2.05, 4.69) is 15.9 Å². The van der Waals surface area contributed by atoms with Crippen molar-refractivity contribution < 1.29 is 9.50 Å². The Morgan fingerprint density at radius 1 is 1.21 bits per heavy atom. The van der Waals surface area contributed by atoms with Gasteiger partial charge >= 0.3 is 0 Å². The summed E-state index contributed by atoms with van der Waals surface area (Å²) in [5.74, 6) is -0.247. The van der Waals surface area contributed by atoms with Gasteiger partial charge in [-0.05, 0) is 54.8 Å². The first kappa shape index (κ1) is 14.2. The first-order valence-corrected chi connectivity index (χ1v) is 6.91. The SMILES string of the molecule is Cc1cc(F)ccc1CC(C)(O)c1cccc(Br)c1. The molecule has 0 aliphatic heterocycles. The molecule has 1 unspecified atom stereocenters. The Kier molecular flexibility index (Phi) is 4.07. The summed E-state index contributed by atoms with van der Waals surface area (Å²) < 4.78 is 14.0. The van der Waals surface area contributed by atoms with Crippen LogP contribution in [-0.4, -0.2) is 5.11 Å². The number of aryl methyl sites for hydroxylation is 1. The van der Waals surface area contributed by atoms with Crippen molar-refractivity contribution in [2.45, 2.75) is 25.9 Å². The lowest BCUT2D eigenvalue weighted by molar-refractivity contribution is 0.0574. The van der Waals surface area contributed by atoms with Crippen LogP contribution in [0.25, 0.3) is 0 Å². The molecule has 1 nitrogen and oxygen atoms in total. The van der Waals surface area contributed by atoms with Gasteiger partial charge in [-0.25, -0.2) is 4.39 Å². The lowest BCUT2D eigenvalue weighted by atomic mass is 9.87. The Labute approximate surface area is 121 Å². The van der Waals surface area contributed by atoms with E-state index in [-0.39, 0.29) is 5.82 Å². The van der Waals surface area contributed by atoms with Crippen molar-refractivity contribution in [2.24, 2.45) is 0 Å². The highest BCUT2D eigenvalue weighted by Gasteiger charge is 2.24. The van der Waals surface area contributed by atoms with Crippen molar-refractivity contribution in [1.29, 1.82) is 0 Å². The highest BCUT2D eigenvalue weighted by atomic mass is 79.9. The van der Waals surface area contributed by atoms with E-state index < -0.39 is 5.60 Å². The van der Waals surface area contributed by atoms with Gasteiger partial charge in [0.1, 0.15) is 5.82 Å². The minimum atomic E-state index is -0.980. The molecule has 0 aliphatic carbocycles. The lowest BCUT2D eigenvalue weighted by Gasteiger charge is -2.25. The summed E-state index contributed by atoms with van der Waals surface area (Å²) in [7, 11) is 0. The summed E-state index contributed by atoms with van der Waals surface area (Å²) in [6.07, 6.45) is 0.454. The van der Waals surface area contributed by atoms with E-state index >= 15 is 0 Å². The van der Waals surface area contributed by atoms with Crippen LogP contribution in [0.2, 0.25) is 0 Å². The molecule has 100 valence electrons. The van der Waals surface area contributed by atoms with Gasteiger partial charge in [-0.1, -0.05) is 34.1 Å². The largest absolute Gasteiger partial charge is 0.385 e. The molecule has 0 heterocycles. The van der Waals surface area contributed by atoms with Gasteiger partial charge in [0.15, 0.2) is 0 Å². The fourth-order valence-corrected chi connectivity index (χ4v) is 2.55. The van der Waals surface area contributed by atoms with E-state index in [4.69, 9.17) is 0 Å². The fraction of sp³-hybridized carbons (Fsp3) is 0.250. The third-order valence-electron chi connectivity index (χ3n) is 3.29. The van der Waals surface area contributed by atoms with Gasteiger partial charge in [0, 0.05) is 10.9 Å². The minimum absolute atomic E-state index is 0.247. The first-order chi connectivity index (χ1) is 8.88. The average Bonchev–Trinajstić information content (AvgIpc) is 2.33. The standard InChI is InChI=1S/C16H16BrFO/c1-11-8-15(18)7-6-12(11)10-16(2,19)13-4-3-5-14(17)9-13/h3-9,19H,10H2,1-2H3. The third-order valence-corrected chi connectivity index (χ3v) is 3.78. The van der Waals surface area contributed by atoms with Crippen molar-refractivity contribution in [3.63, 3.8) is 0 Å². The van der Waals surface area contributed by atoms with Gasteiger partial charge in [-0.15, -0.1) is 0 Å². The molecule has 0 aromatic heterocycles. The number of hydrogen-bond donors (Lipinski definition) is 1. The topological polar surface area (TPSA) is 20.2 Å². The van der Waals surface area contributed by atoms with Gasteiger partial charge in [0.05, 0.1) is 5.60 Å². The average molecular weight is 323 g/mol. The van der Waals surface area contributed by atoms with Gasteiger partial charge < -0.3 is 5.11 Å². The monoisotopic (exact) mass is 322 g/mol. The zero-order valence-electron chi connectivity index (χ0n) is 11.0. The number of halogens is 2. The molecule has 0 fully saturated rings. The number of benzene rings is 2. The highest BCUT2D eigenvalue weighted by molar-refractivity contribution is 9.10.